The molecule has 0 aromatic heterocycles. The molecule has 2 aliphatic rings. The van der Waals surface area contributed by atoms with Crippen molar-refractivity contribution in [2.75, 3.05) is 19.0 Å². The van der Waals surface area contributed by atoms with Crippen LogP contribution in [0.3, 0.4) is 0 Å². The van der Waals surface area contributed by atoms with E-state index in [1.54, 1.807) is 7.11 Å². The van der Waals surface area contributed by atoms with Gasteiger partial charge in [0.25, 0.3) is 0 Å². The normalized spacial score (nSPS) is 25.4. The molecule has 0 aliphatic carbocycles. The Morgan fingerprint density at radius 2 is 2.00 bits per heavy atom. The molecule has 4 rings (SSSR count). The molecule has 2 aromatic carbocycles. The molecule has 126 valence electrons. The van der Waals surface area contributed by atoms with Crippen LogP contribution in [0.25, 0.3) is 0 Å². The van der Waals surface area contributed by atoms with E-state index in [0.29, 0.717) is 5.92 Å². The second-order valence-corrected chi connectivity index (χ2v) is 7.04. The van der Waals surface area contributed by atoms with Gasteiger partial charge in [0.05, 0.1) is 19.3 Å². The second kappa shape index (κ2) is 6.14. The molecule has 24 heavy (non-hydrogen) atoms. The minimum absolute atomic E-state index is 0.197. The molecule has 0 radical (unpaired) electrons. The van der Waals surface area contributed by atoms with Crippen molar-refractivity contribution in [1.29, 1.82) is 0 Å². The first-order chi connectivity index (χ1) is 11.7. The Labute approximate surface area is 144 Å². The standard InChI is InChI=1S/C21H25NO2/c1-13-6-8-18-17(11-13)21-16(5-4-10-24-21)20(22-18)15-7-9-19(23-3)14(2)12-15/h6-9,11-12,16,20-22H,4-5,10H2,1-3H3/t16-,20?,21-/m0/s1. The van der Waals surface area contributed by atoms with Crippen LogP contribution in [0.5, 0.6) is 5.75 Å². The number of hydrogen-bond donors (Lipinski definition) is 1. The molecule has 0 amide bonds. The monoisotopic (exact) mass is 323 g/mol. The average Bonchev–Trinajstić information content (AvgIpc) is 2.61. The molecule has 1 unspecified atom stereocenters. The molecule has 0 bridgehead atoms. The van der Waals surface area contributed by atoms with E-state index in [-0.39, 0.29) is 12.1 Å². The van der Waals surface area contributed by atoms with Crippen molar-refractivity contribution < 1.29 is 9.47 Å². The predicted molar refractivity (Wildman–Crippen MR) is 96.7 cm³/mol. The molecule has 1 saturated heterocycles. The Balaban J connectivity index is 1.76. The molecule has 2 aromatic rings. The van der Waals surface area contributed by atoms with E-state index >= 15 is 0 Å². The summed E-state index contributed by atoms with van der Waals surface area (Å²) < 4.78 is 11.6. The van der Waals surface area contributed by atoms with Gasteiger partial charge in [0.2, 0.25) is 0 Å². The van der Waals surface area contributed by atoms with Gasteiger partial charge >= 0.3 is 0 Å². The molecular weight excluding hydrogens is 298 g/mol. The van der Waals surface area contributed by atoms with Crippen molar-refractivity contribution in [3.8, 4) is 5.75 Å². The molecule has 2 heterocycles. The van der Waals surface area contributed by atoms with Crippen LogP contribution < -0.4 is 10.1 Å². The summed E-state index contributed by atoms with van der Waals surface area (Å²) in [5.41, 5.74) is 6.32. The number of nitrogens with one attached hydrogen (secondary N) is 1. The van der Waals surface area contributed by atoms with Crippen LogP contribution in [0.4, 0.5) is 5.69 Å². The summed E-state index contributed by atoms with van der Waals surface area (Å²) in [4.78, 5) is 0. The molecule has 2 aliphatic heterocycles. The highest BCUT2D eigenvalue weighted by Crippen LogP contribution is 2.49. The first-order valence-electron chi connectivity index (χ1n) is 8.80. The van der Waals surface area contributed by atoms with Gasteiger partial charge in [-0.25, -0.2) is 0 Å². The number of rotatable bonds is 2. The molecule has 3 heteroatoms. The molecule has 0 saturated carbocycles. The highest BCUT2D eigenvalue weighted by atomic mass is 16.5. The number of ether oxygens (including phenoxy) is 2. The summed E-state index contributed by atoms with van der Waals surface area (Å²) >= 11 is 0. The molecule has 3 atom stereocenters. The van der Waals surface area contributed by atoms with Gasteiger partial charge in [-0.2, -0.15) is 0 Å². The number of hydrogen-bond acceptors (Lipinski definition) is 3. The fraction of sp³-hybridized carbons (Fsp3) is 0.429. The van der Waals surface area contributed by atoms with E-state index in [2.05, 4.69) is 55.6 Å². The number of anilines is 1. The molecule has 3 nitrogen and oxygen atoms in total. The number of aryl methyl sites for hydroxylation is 2. The highest BCUT2D eigenvalue weighted by molar-refractivity contribution is 5.58. The Bertz CT molecular complexity index is 755. The predicted octanol–water partition coefficient (Wildman–Crippen LogP) is 4.95. The Hall–Kier alpha value is -2.00. The molecular formula is C21H25NO2. The van der Waals surface area contributed by atoms with Crippen molar-refractivity contribution in [3.05, 3.63) is 58.7 Å². The zero-order chi connectivity index (χ0) is 16.7. The second-order valence-electron chi connectivity index (χ2n) is 7.04. The third-order valence-corrected chi connectivity index (χ3v) is 5.40. The van der Waals surface area contributed by atoms with Gasteiger partial charge in [-0.3, -0.25) is 0 Å². The van der Waals surface area contributed by atoms with Gasteiger partial charge < -0.3 is 14.8 Å². The lowest BCUT2D eigenvalue weighted by Gasteiger charge is -2.43. The van der Waals surface area contributed by atoms with Gasteiger partial charge in [-0.05, 0) is 49.9 Å². The fourth-order valence-corrected chi connectivity index (χ4v) is 4.22. The summed E-state index contributed by atoms with van der Waals surface area (Å²) in [7, 11) is 1.73. The van der Waals surface area contributed by atoms with Crippen LogP contribution in [0.2, 0.25) is 0 Å². The lowest BCUT2D eigenvalue weighted by molar-refractivity contribution is -0.0381. The van der Waals surface area contributed by atoms with Gasteiger partial charge in [-0.15, -0.1) is 0 Å². The van der Waals surface area contributed by atoms with Crippen molar-refractivity contribution >= 4 is 5.69 Å². The van der Waals surface area contributed by atoms with Gasteiger partial charge in [0.15, 0.2) is 0 Å². The van der Waals surface area contributed by atoms with Crippen LogP contribution in [-0.2, 0) is 4.74 Å². The average molecular weight is 323 g/mol. The lowest BCUT2D eigenvalue weighted by atomic mass is 9.77. The maximum absolute atomic E-state index is 6.23. The molecule has 1 fully saturated rings. The third-order valence-electron chi connectivity index (χ3n) is 5.40. The van der Waals surface area contributed by atoms with Gasteiger partial charge in [-0.1, -0.05) is 29.8 Å². The summed E-state index contributed by atoms with van der Waals surface area (Å²) in [6.45, 7) is 5.12. The first kappa shape index (κ1) is 15.5. The highest BCUT2D eigenvalue weighted by Gasteiger charge is 2.39. The van der Waals surface area contributed by atoms with Crippen LogP contribution in [0.15, 0.2) is 36.4 Å². The van der Waals surface area contributed by atoms with Gasteiger partial charge in [0.1, 0.15) is 5.75 Å². The van der Waals surface area contributed by atoms with Crippen molar-refractivity contribution in [1.82, 2.24) is 0 Å². The summed E-state index contributed by atoms with van der Waals surface area (Å²) in [5, 5.41) is 3.78. The van der Waals surface area contributed by atoms with E-state index in [9.17, 15) is 0 Å². The zero-order valence-corrected chi connectivity index (χ0v) is 14.6. The maximum Gasteiger partial charge on any atom is 0.121 e. The quantitative estimate of drug-likeness (QED) is 0.848. The smallest absolute Gasteiger partial charge is 0.121 e. The number of methoxy groups -OCH3 is 1. The van der Waals surface area contributed by atoms with E-state index in [1.165, 1.54) is 34.4 Å². The minimum Gasteiger partial charge on any atom is -0.496 e. The van der Waals surface area contributed by atoms with Crippen LogP contribution in [0.1, 0.15) is 47.2 Å². The summed E-state index contributed by atoms with van der Waals surface area (Å²) in [5.74, 6) is 1.42. The summed E-state index contributed by atoms with van der Waals surface area (Å²) in [6.07, 6.45) is 2.53. The Morgan fingerprint density at radius 3 is 2.79 bits per heavy atom. The van der Waals surface area contributed by atoms with Crippen LogP contribution in [-0.4, -0.2) is 13.7 Å². The van der Waals surface area contributed by atoms with Crippen LogP contribution >= 0.6 is 0 Å². The fourth-order valence-electron chi connectivity index (χ4n) is 4.22. The van der Waals surface area contributed by atoms with Crippen molar-refractivity contribution in [3.63, 3.8) is 0 Å². The van der Waals surface area contributed by atoms with Crippen LogP contribution in [0, 0.1) is 19.8 Å². The maximum atomic E-state index is 6.23. The van der Waals surface area contributed by atoms with E-state index in [1.807, 2.05) is 0 Å². The topological polar surface area (TPSA) is 30.5 Å². The lowest BCUT2D eigenvalue weighted by Crippen LogP contribution is -2.36. The van der Waals surface area contributed by atoms with E-state index < -0.39 is 0 Å². The minimum atomic E-state index is 0.197. The SMILES string of the molecule is COc1ccc(C2Nc3ccc(C)cc3[C@H]3OCCC[C@@H]23)cc1C. The Kier molecular flexibility index (Phi) is 3.97. The zero-order valence-electron chi connectivity index (χ0n) is 14.6. The van der Waals surface area contributed by atoms with E-state index in [4.69, 9.17) is 9.47 Å². The van der Waals surface area contributed by atoms with Crippen molar-refractivity contribution in [2.24, 2.45) is 5.92 Å². The first-order valence-corrected chi connectivity index (χ1v) is 8.80. The number of benzene rings is 2. The Morgan fingerprint density at radius 1 is 1.12 bits per heavy atom. The summed E-state index contributed by atoms with van der Waals surface area (Å²) in [6, 6.07) is 13.5. The molecule has 0 spiro atoms. The number of fused-ring (bicyclic) bond motifs is 3. The largest absolute Gasteiger partial charge is 0.496 e. The third kappa shape index (κ3) is 2.57. The molecule has 1 N–H and O–H groups in total. The van der Waals surface area contributed by atoms with Gasteiger partial charge in [0, 0.05) is 23.8 Å². The van der Waals surface area contributed by atoms with Crippen molar-refractivity contribution in [2.45, 2.75) is 38.8 Å². The van der Waals surface area contributed by atoms with E-state index in [0.717, 1.165) is 18.8 Å².